The molecule has 1 fully saturated rings. The summed E-state index contributed by atoms with van der Waals surface area (Å²) in [5.41, 5.74) is 0. The maximum Gasteiger partial charge on any atom is 0.0791 e. The van der Waals surface area contributed by atoms with Crippen molar-refractivity contribution < 1.29 is 5.11 Å². The van der Waals surface area contributed by atoms with Crippen LogP contribution in [0.5, 0.6) is 0 Å². The molecule has 4 nitrogen and oxygen atoms in total. The predicted molar refractivity (Wildman–Crippen MR) is 58.5 cm³/mol. The van der Waals surface area contributed by atoms with Crippen LogP contribution < -0.4 is 5.32 Å². The van der Waals surface area contributed by atoms with Crippen molar-refractivity contribution in [3.63, 3.8) is 0 Å². The highest BCUT2D eigenvalue weighted by atomic mass is 16.3. The van der Waals surface area contributed by atoms with Crippen LogP contribution in [0.2, 0.25) is 0 Å². The number of rotatable bonds is 4. The third kappa shape index (κ3) is 4.91. The van der Waals surface area contributed by atoms with Crippen molar-refractivity contribution in [1.29, 1.82) is 0 Å². The van der Waals surface area contributed by atoms with Crippen molar-refractivity contribution in [2.45, 2.75) is 12.5 Å². The highest BCUT2D eigenvalue weighted by Gasteiger charge is 2.14. The number of aliphatic hydroxyl groups excluding tert-OH is 1. The fraction of sp³-hybridized carbons (Fsp3) is 1.00. The fourth-order valence-corrected chi connectivity index (χ4v) is 1.77. The number of nitrogens with one attached hydrogen (secondary N) is 1. The summed E-state index contributed by atoms with van der Waals surface area (Å²) >= 11 is 0. The normalized spacial score (nSPS) is 25.3. The lowest BCUT2D eigenvalue weighted by molar-refractivity contribution is 0.128. The van der Waals surface area contributed by atoms with Gasteiger partial charge >= 0.3 is 0 Å². The molecule has 0 aromatic rings. The summed E-state index contributed by atoms with van der Waals surface area (Å²) in [6.45, 7) is 5.84. The lowest BCUT2D eigenvalue weighted by Crippen LogP contribution is -2.34. The molecule has 0 spiro atoms. The van der Waals surface area contributed by atoms with E-state index in [4.69, 9.17) is 0 Å². The van der Waals surface area contributed by atoms with Gasteiger partial charge in [-0.3, -0.25) is 4.90 Å². The summed E-state index contributed by atoms with van der Waals surface area (Å²) in [5.74, 6) is 0. The number of β-amino-alcohol motifs (C(OH)–C–C–N with tert-alkyl or cyclic N) is 1. The molecule has 0 amide bonds. The van der Waals surface area contributed by atoms with E-state index in [9.17, 15) is 5.11 Å². The van der Waals surface area contributed by atoms with E-state index in [0.29, 0.717) is 0 Å². The van der Waals surface area contributed by atoms with Crippen molar-refractivity contribution in [2.24, 2.45) is 0 Å². The molecule has 2 N–H and O–H groups in total. The lowest BCUT2D eigenvalue weighted by Gasteiger charge is -2.21. The quantitative estimate of drug-likeness (QED) is 0.625. The van der Waals surface area contributed by atoms with Gasteiger partial charge in [0.1, 0.15) is 0 Å². The Labute approximate surface area is 86.9 Å². The van der Waals surface area contributed by atoms with E-state index >= 15 is 0 Å². The van der Waals surface area contributed by atoms with Gasteiger partial charge in [0.15, 0.2) is 0 Å². The van der Waals surface area contributed by atoms with Gasteiger partial charge in [-0.2, -0.15) is 0 Å². The molecular formula is C10H23N3O. The Hall–Kier alpha value is -0.160. The molecule has 1 rings (SSSR count). The van der Waals surface area contributed by atoms with E-state index in [-0.39, 0.29) is 6.10 Å². The Bertz CT molecular complexity index is 152. The third-order valence-electron chi connectivity index (χ3n) is 2.53. The maximum atomic E-state index is 9.55. The summed E-state index contributed by atoms with van der Waals surface area (Å²) in [6, 6.07) is 0. The molecule has 0 bridgehead atoms. The Balaban J connectivity index is 2.15. The van der Waals surface area contributed by atoms with Crippen molar-refractivity contribution in [3.8, 4) is 0 Å². The van der Waals surface area contributed by atoms with Crippen LogP contribution in [0.3, 0.4) is 0 Å². The number of nitrogens with zero attached hydrogens (tertiary/aromatic N) is 2. The Morgan fingerprint density at radius 2 is 2.29 bits per heavy atom. The zero-order valence-corrected chi connectivity index (χ0v) is 9.37. The van der Waals surface area contributed by atoms with Crippen molar-refractivity contribution in [2.75, 3.05) is 53.4 Å². The van der Waals surface area contributed by atoms with E-state index in [2.05, 4.69) is 29.2 Å². The minimum atomic E-state index is -0.197. The molecule has 84 valence electrons. The first kappa shape index (κ1) is 11.9. The molecule has 1 heterocycles. The summed E-state index contributed by atoms with van der Waals surface area (Å²) in [6.07, 6.45) is 0.983. The minimum Gasteiger partial charge on any atom is -0.390 e. The van der Waals surface area contributed by atoms with E-state index in [1.54, 1.807) is 0 Å². The predicted octanol–water partition coefficient (Wildman–Crippen LogP) is -0.796. The molecule has 14 heavy (non-hydrogen) atoms. The zero-order valence-electron chi connectivity index (χ0n) is 9.37. The van der Waals surface area contributed by atoms with Gasteiger partial charge in [-0.15, -0.1) is 0 Å². The summed E-state index contributed by atoms with van der Waals surface area (Å²) in [7, 11) is 4.19. The molecule has 4 heteroatoms. The lowest BCUT2D eigenvalue weighted by atomic mass is 10.3. The Kier molecular flexibility index (Phi) is 5.40. The van der Waals surface area contributed by atoms with Gasteiger partial charge < -0.3 is 15.3 Å². The zero-order chi connectivity index (χ0) is 10.4. The maximum absolute atomic E-state index is 9.55. The second-order valence-electron chi connectivity index (χ2n) is 4.32. The standard InChI is InChI=1S/C10H23N3O/c1-12(2)5-3-6-13-7-4-11-8-10(14)9-13/h10-11,14H,3-9H2,1-2H3. The monoisotopic (exact) mass is 201 g/mol. The highest BCUT2D eigenvalue weighted by Crippen LogP contribution is 1.98. The summed E-state index contributed by atoms with van der Waals surface area (Å²) in [5, 5.41) is 12.8. The average molecular weight is 201 g/mol. The highest BCUT2D eigenvalue weighted by molar-refractivity contribution is 4.72. The van der Waals surface area contributed by atoms with Crippen LogP contribution in [-0.4, -0.2) is 74.4 Å². The van der Waals surface area contributed by atoms with Gasteiger partial charge in [-0.05, 0) is 33.6 Å². The number of hydrogen-bond donors (Lipinski definition) is 2. The first-order valence-electron chi connectivity index (χ1n) is 5.44. The van der Waals surface area contributed by atoms with Crippen molar-refractivity contribution in [3.05, 3.63) is 0 Å². The van der Waals surface area contributed by atoms with E-state index in [0.717, 1.165) is 39.3 Å². The molecule has 0 aromatic heterocycles. The van der Waals surface area contributed by atoms with Gasteiger partial charge in [-0.1, -0.05) is 0 Å². The summed E-state index contributed by atoms with van der Waals surface area (Å²) < 4.78 is 0. The van der Waals surface area contributed by atoms with Gasteiger partial charge in [0.2, 0.25) is 0 Å². The molecule has 1 atom stereocenters. The molecule has 0 radical (unpaired) electrons. The van der Waals surface area contributed by atoms with Crippen molar-refractivity contribution >= 4 is 0 Å². The molecule has 1 unspecified atom stereocenters. The smallest absolute Gasteiger partial charge is 0.0791 e. The van der Waals surface area contributed by atoms with Crippen LogP contribution >= 0.6 is 0 Å². The van der Waals surface area contributed by atoms with Gasteiger partial charge in [-0.25, -0.2) is 0 Å². The molecule has 1 aliphatic rings. The van der Waals surface area contributed by atoms with Crippen LogP contribution in [0.25, 0.3) is 0 Å². The molecule has 0 saturated carbocycles. The van der Waals surface area contributed by atoms with Crippen LogP contribution in [0, 0.1) is 0 Å². The average Bonchev–Trinajstić information content (AvgIpc) is 2.29. The SMILES string of the molecule is CN(C)CCCN1CCNCC(O)C1. The Morgan fingerprint density at radius 3 is 3.00 bits per heavy atom. The van der Waals surface area contributed by atoms with Crippen LogP contribution in [0.4, 0.5) is 0 Å². The number of aliphatic hydroxyl groups is 1. The van der Waals surface area contributed by atoms with Crippen LogP contribution in [-0.2, 0) is 0 Å². The van der Waals surface area contributed by atoms with E-state index < -0.39 is 0 Å². The van der Waals surface area contributed by atoms with Gasteiger partial charge in [0.05, 0.1) is 6.10 Å². The third-order valence-corrected chi connectivity index (χ3v) is 2.53. The molecule has 1 aliphatic heterocycles. The van der Waals surface area contributed by atoms with Crippen LogP contribution in [0.1, 0.15) is 6.42 Å². The van der Waals surface area contributed by atoms with E-state index in [1.165, 1.54) is 6.42 Å². The molecule has 1 saturated heterocycles. The van der Waals surface area contributed by atoms with E-state index in [1.807, 2.05) is 0 Å². The first-order valence-corrected chi connectivity index (χ1v) is 5.44. The summed E-state index contributed by atoms with van der Waals surface area (Å²) in [4.78, 5) is 4.54. The molecule has 0 aliphatic carbocycles. The largest absolute Gasteiger partial charge is 0.390 e. The second-order valence-corrected chi connectivity index (χ2v) is 4.32. The van der Waals surface area contributed by atoms with Crippen LogP contribution in [0.15, 0.2) is 0 Å². The fourth-order valence-electron chi connectivity index (χ4n) is 1.77. The molecular weight excluding hydrogens is 178 g/mol. The first-order chi connectivity index (χ1) is 6.68. The van der Waals surface area contributed by atoms with Gasteiger partial charge in [0.25, 0.3) is 0 Å². The topological polar surface area (TPSA) is 38.7 Å². The van der Waals surface area contributed by atoms with Gasteiger partial charge in [0, 0.05) is 26.2 Å². The minimum absolute atomic E-state index is 0.197. The second kappa shape index (κ2) is 6.35. The Morgan fingerprint density at radius 1 is 1.50 bits per heavy atom. The van der Waals surface area contributed by atoms with Crippen molar-refractivity contribution in [1.82, 2.24) is 15.1 Å². The molecule has 0 aromatic carbocycles. The number of hydrogen-bond acceptors (Lipinski definition) is 4.